The summed E-state index contributed by atoms with van der Waals surface area (Å²) in [5.41, 5.74) is 1.07. The molecule has 1 atom stereocenters. The van der Waals surface area contributed by atoms with Crippen LogP contribution >= 0.6 is 11.6 Å². The Kier molecular flexibility index (Phi) is 5.36. The van der Waals surface area contributed by atoms with Crippen molar-refractivity contribution in [2.75, 3.05) is 19.6 Å². The molecule has 5 heteroatoms. The highest BCUT2D eigenvalue weighted by Crippen LogP contribution is 2.29. The minimum Gasteiger partial charge on any atom is -0.459 e. The molecule has 1 saturated heterocycles. The number of benzene rings is 1. The van der Waals surface area contributed by atoms with Gasteiger partial charge in [-0.05, 0) is 49.7 Å². The second-order valence-electron chi connectivity index (χ2n) is 5.82. The summed E-state index contributed by atoms with van der Waals surface area (Å²) in [6, 6.07) is 11.3. The molecule has 1 amide bonds. The highest BCUT2D eigenvalue weighted by molar-refractivity contribution is 6.31. The van der Waals surface area contributed by atoms with E-state index in [2.05, 4.69) is 10.2 Å². The summed E-state index contributed by atoms with van der Waals surface area (Å²) >= 11 is 6.40. The predicted octanol–water partition coefficient (Wildman–Crippen LogP) is 3.89. The first-order chi connectivity index (χ1) is 11.3. The van der Waals surface area contributed by atoms with E-state index in [4.69, 9.17) is 16.0 Å². The van der Waals surface area contributed by atoms with Gasteiger partial charge < -0.3 is 9.73 Å². The van der Waals surface area contributed by atoms with Crippen LogP contribution in [-0.4, -0.2) is 30.4 Å². The lowest BCUT2D eigenvalue weighted by Gasteiger charge is -2.35. The van der Waals surface area contributed by atoms with Gasteiger partial charge in [-0.15, -0.1) is 0 Å². The van der Waals surface area contributed by atoms with Crippen molar-refractivity contribution in [3.05, 3.63) is 59.0 Å². The van der Waals surface area contributed by atoms with Crippen molar-refractivity contribution < 1.29 is 9.21 Å². The number of amides is 1. The van der Waals surface area contributed by atoms with Gasteiger partial charge in [-0.2, -0.15) is 0 Å². The van der Waals surface area contributed by atoms with Crippen molar-refractivity contribution in [1.82, 2.24) is 10.2 Å². The summed E-state index contributed by atoms with van der Waals surface area (Å²) in [5, 5.41) is 3.72. The number of hydrogen-bond donors (Lipinski definition) is 1. The number of halogens is 1. The van der Waals surface area contributed by atoms with Crippen molar-refractivity contribution in [3.63, 3.8) is 0 Å². The van der Waals surface area contributed by atoms with Gasteiger partial charge in [0.2, 0.25) is 0 Å². The molecule has 0 aliphatic carbocycles. The van der Waals surface area contributed by atoms with Gasteiger partial charge in [-0.3, -0.25) is 9.69 Å². The summed E-state index contributed by atoms with van der Waals surface area (Å²) < 4.78 is 5.15. The third-order valence-electron chi connectivity index (χ3n) is 4.30. The van der Waals surface area contributed by atoms with E-state index in [1.807, 2.05) is 24.3 Å². The SMILES string of the molecule is O=C(NCC(c1ccccc1Cl)N1CCCCC1)c1ccco1. The molecule has 0 saturated carbocycles. The average molecular weight is 333 g/mol. The fraction of sp³-hybridized carbons (Fsp3) is 0.389. The molecule has 1 aliphatic heterocycles. The predicted molar refractivity (Wildman–Crippen MR) is 90.7 cm³/mol. The van der Waals surface area contributed by atoms with E-state index in [0.717, 1.165) is 23.7 Å². The molecule has 3 rings (SSSR count). The molecule has 2 aromatic rings. The van der Waals surface area contributed by atoms with Crippen molar-refractivity contribution >= 4 is 17.5 Å². The van der Waals surface area contributed by atoms with Crippen LogP contribution in [0.25, 0.3) is 0 Å². The van der Waals surface area contributed by atoms with Crippen LogP contribution in [0.5, 0.6) is 0 Å². The van der Waals surface area contributed by atoms with Crippen LogP contribution in [0.15, 0.2) is 47.1 Å². The van der Waals surface area contributed by atoms with Gasteiger partial charge in [0.25, 0.3) is 5.91 Å². The standard InChI is InChI=1S/C18H21ClN2O2/c19-15-8-3-2-7-14(15)16(21-10-4-1-5-11-21)13-20-18(22)17-9-6-12-23-17/h2-3,6-9,12,16H,1,4-5,10-11,13H2,(H,20,22). The van der Waals surface area contributed by atoms with Crippen LogP contribution in [0.3, 0.4) is 0 Å². The van der Waals surface area contributed by atoms with Gasteiger partial charge in [0.05, 0.1) is 12.3 Å². The minimum atomic E-state index is -0.191. The van der Waals surface area contributed by atoms with Gasteiger partial charge in [-0.25, -0.2) is 0 Å². The lowest BCUT2D eigenvalue weighted by atomic mass is 10.0. The molecule has 1 aromatic carbocycles. The van der Waals surface area contributed by atoms with Crippen LogP contribution in [0.2, 0.25) is 5.02 Å². The fourth-order valence-corrected chi connectivity index (χ4v) is 3.36. The van der Waals surface area contributed by atoms with E-state index in [-0.39, 0.29) is 11.9 Å². The first-order valence-corrected chi connectivity index (χ1v) is 8.43. The van der Waals surface area contributed by atoms with Crippen LogP contribution in [-0.2, 0) is 0 Å². The van der Waals surface area contributed by atoms with Crippen LogP contribution < -0.4 is 5.32 Å². The van der Waals surface area contributed by atoms with Gasteiger partial charge in [0.1, 0.15) is 0 Å². The Balaban J connectivity index is 1.75. The smallest absolute Gasteiger partial charge is 0.287 e. The third kappa shape index (κ3) is 3.95. The first-order valence-electron chi connectivity index (χ1n) is 8.06. The third-order valence-corrected chi connectivity index (χ3v) is 4.64. The number of furan rings is 1. The lowest BCUT2D eigenvalue weighted by molar-refractivity contribution is 0.0897. The van der Waals surface area contributed by atoms with E-state index in [1.54, 1.807) is 12.1 Å². The molecule has 2 heterocycles. The summed E-state index contributed by atoms with van der Waals surface area (Å²) in [4.78, 5) is 14.6. The maximum absolute atomic E-state index is 12.2. The van der Waals surface area contributed by atoms with E-state index in [1.165, 1.54) is 25.5 Å². The molecule has 23 heavy (non-hydrogen) atoms. The molecule has 1 aromatic heterocycles. The quantitative estimate of drug-likeness (QED) is 0.903. The normalized spacial score (nSPS) is 16.9. The Bertz CT molecular complexity index is 636. The van der Waals surface area contributed by atoms with E-state index in [0.29, 0.717) is 12.3 Å². The molecule has 0 radical (unpaired) electrons. The molecule has 122 valence electrons. The van der Waals surface area contributed by atoms with Crippen molar-refractivity contribution in [3.8, 4) is 0 Å². The molecule has 1 N–H and O–H groups in total. The number of likely N-dealkylation sites (tertiary alicyclic amines) is 1. The van der Waals surface area contributed by atoms with Crippen molar-refractivity contribution in [2.45, 2.75) is 25.3 Å². The van der Waals surface area contributed by atoms with Gasteiger partial charge >= 0.3 is 0 Å². The van der Waals surface area contributed by atoms with E-state index in [9.17, 15) is 4.79 Å². The zero-order chi connectivity index (χ0) is 16.1. The molecular formula is C18H21ClN2O2. The lowest BCUT2D eigenvalue weighted by Crippen LogP contribution is -2.40. The number of nitrogens with one attached hydrogen (secondary N) is 1. The summed E-state index contributed by atoms with van der Waals surface area (Å²) in [7, 11) is 0. The van der Waals surface area contributed by atoms with Gasteiger partial charge in [0.15, 0.2) is 5.76 Å². The highest BCUT2D eigenvalue weighted by Gasteiger charge is 2.24. The molecule has 0 spiro atoms. The molecule has 1 unspecified atom stereocenters. The van der Waals surface area contributed by atoms with Gasteiger partial charge in [0, 0.05) is 11.6 Å². The molecule has 1 aliphatic rings. The van der Waals surface area contributed by atoms with Crippen LogP contribution in [0.4, 0.5) is 0 Å². The average Bonchev–Trinajstić information content (AvgIpc) is 3.12. The van der Waals surface area contributed by atoms with Crippen molar-refractivity contribution in [1.29, 1.82) is 0 Å². The first kappa shape index (κ1) is 16.1. The second kappa shape index (κ2) is 7.66. The largest absolute Gasteiger partial charge is 0.459 e. The summed E-state index contributed by atoms with van der Waals surface area (Å²) in [5.74, 6) is 0.144. The number of nitrogens with zero attached hydrogens (tertiary/aromatic N) is 1. The van der Waals surface area contributed by atoms with Crippen molar-refractivity contribution in [2.24, 2.45) is 0 Å². The maximum Gasteiger partial charge on any atom is 0.287 e. The Labute approximate surface area is 141 Å². The number of rotatable bonds is 5. The monoisotopic (exact) mass is 332 g/mol. The number of carbonyl (C=O) groups is 1. The number of piperidine rings is 1. The Morgan fingerprint density at radius 1 is 1.17 bits per heavy atom. The minimum absolute atomic E-state index is 0.0860. The van der Waals surface area contributed by atoms with Crippen LogP contribution in [0, 0.1) is 0 Å². The Morgan fingerprint density at radius 2 is 1.96 bits per heavy atom. The zero-order valence-corrected chi connectivity index (χ0v) is 13.8. The summed E-state index contributed by atoms with van der Waals surface area (Å²) in [6.07, 6.45) is 5.15. The molecule has 0 bridgehead atoms. The number of hydrogen-bond acceptors (Lipinski definition) is 3. The summed E-state index contributed by atoms with van der Waals surface area (Å²) in [6.45, 7) is 2.59. The van der Waals surface area contributed by atoms with Crippen LogP contribution in [0.1, 0.15) is 41.4 Å². The maximum atomic E-state index is 12.2. The topological polar surface area (TPSA) is 45.5 Å². The van der Waals surface area contributed by atoms with E-state index >= 15 is 0 Å². The number of carbonyl (C=O) groups excluding carboxylic acids is 1. The molecule has 1 fully saturated rings. The second-order valence-corrected chi connectivity index (χ2v) is 6.23. The Morgan fingerprint density at radius 3 is 2.65 bits per heavy atom. The Hall–Kier alpha value is -1.78. The van der Waals surface area contributed by atoms with Gasteiger partial charge in [-0.1, -0.05) is 36.2 Å². The van der Waals surface area contributed by atoms with E-state index < -0.39 is 0 Å². The molecule has 4 nitrogen and oxygen atoms in total. The zero-order valence-electron chi connectivity index (χ0n) is 13.0. The highest BCUT2D eigenvalue weighted by atomic mass is 35.5. The fourth-order valence-electron chi connectivity index (χ4n) is 3.10. The molecular weight excluding hydrogens is 312 g/mol.